The summed E-state index contributed by atoms with van der Waals surface area (Å²) in [4.78, 5) is 2.34. The van der Waals surface area contributed by atoms with Gasteiger partial charge in [0.05, 0.1) is 6.61 Å². The van der Waals surface area contributed by atoms with Crippen LogP contribution in [0.5, 0.6) is 0 Å². The van der Waals surface area contributed by atoms with Gasteiger partial charge in [0.25, 0.3) is 0 Å². The first-order valence-corrected chi connectivity index (χ1v) is 6.42. The molecule has 5 heteroatoms. The second-order valence-electron chi connectivity index (χ2n) is 4.55. The zero-order valence-electron chi connectivity index (χ0n) is 11.8. The van der Waals surface area contributed by atoms with E-state index in [9.17, 15) is 0 Å². The first-order valence-electron chi connectivity index (χ1n) is 6.42. The van der Waals surface area contributed by atoms with Gasteiger partial charge in [0.2, 0.25) is 0 Å². The summed E-state index contributed by atoms with van der Waals surface area (Å²) in [6.07, 6.45) is 0. The molecule has 0 saturated carbocycles. The fourth-order valence-electron chi connectivity index (χ4n) is 2.00. The lowest BCUT2D eigenvalue weighted by atomic mass is 10.1. The van der Waals surface area contributed by atoms with Crippen molar-refractivity contribution in [2.24, 2.45) is 10.9 Å². The number of hydrogen-bond donors (Lipinski definition) is 2. The quantitative estimate of drug-likeness (QED) is 0.340. The maximum Gasteiger partial charge on any atom is 0.170 e. The molecule has 0 aromatic heterocycles. The fourth-order valence-corrected chi connectivity index (χ4v) is 2.00. The molecule has 1 atom stereocenters. The summed E-state index contributed by atoms with van der Waals surface area (Å²) in [7, 11) is 1.72. The third-order valence-corrected chi connectivity index (χ3v) is 3.18. The molecule has 0 spiro atoms. The fraction of sp³-hybridized carbons (Fsp3) is 0.500. The van der Waals surface area contributed by atoms with Crippen molar-refractivity contribution in [1.29, 1.82) is 0 Å². The van der Waals surface area contributed by atoms with E-state index in [0.29, 0.717) is 6.04 Å². The Hall–Kier alpha value is -1.59. The summed E-state index contributed by atoms with van der Waals surface area (Å²) < 4.78 is 5.19. The Morgan fingerprint density at radius 2 is 2.05 bits per heavy atom. The zero-order chi connectivity index (χ0) is 14.3. The van der Waals surface area contributed by atoms with E-state index < -0.39 is 0 Å². The smallest absolute Gasteiger partial charge is 0.170 e. The van der Waals surface area contributed by atoms with Crippen LogP contribution in [0.3, 0.4) is 0 Å². The van der Waals surface area contributed by atoms with Crippen LogP contribution in [0.25, 0.3) is 0 Å². The van der Waals surface area contributed by atoms with Gasteiger partial charge < -0.3 is 15.7 Å². The van der Waals surface area contributed by atoms with E-state index >= 15 is 0 Å². The van der Waals surface area contributed by atoms with Crippen LogP contribution in [0, 0.1) is 0 Å². The van der Waals surface area contributed by atoms with Gasteiger partial charge in [-0.1, -0.05) is 36.3 Å². The zero-order valence-corrected chi connectivity index (χ0v) is 11.8. The molecule has 5 nitrogen and oxygen atoms in total. The molecule has 0 aliphatic heterocycles. The Labute approximate surface area is 114 Å². The van der Waals surface area contributed by atoms with Crippen LogP contribution < -0.4 is 5.73 Å². The van der Waals surface area contributed by atoms with Gasteiger partial charge in [-0.3, -0.25) is 4.90 Å². The molecule has 0 fully saturated rings. The van der Waals surface area contributed by atoms with E-state index in [-0.39, 0.29) is 5.84 Å². The maximum atomic E-state index is 8.61. The van der Waals surface area contributed by atoms with Crippen LogP contribution in [0.1, 0.15) is 25.0 Å². The van der Waals surface area contributed by atoms with Crippen LogP contribution in [0.15, 0.2) is 29.4 Å². The van der Waals surface area contributed by atoms with Gasteiger partial charge in [-0.15, -0.1) is 0 Å². The molecule has 1 rings (SSSR count). The van der Waals surface area contributed by atoms with Gasteiger partial charge in [0.1, 0.15) is 0 Å². The number of benzene rings is 1. The van der Waals surface area contributed by atoms with E-state index in [1.165, 1.54) is 5.56 Å². The lowest BCUT2D eigenvalue weighted by molar-refractivity contribution is 0.0982. The Balaban J connectivity index is 2.70. The average Bonchev–Trinajstić information content (AvgIpc) is 2.44. The van der Waals surface area contributed by atoms with E-state index in [0.717, 1.165) is 25.3 Å². The van der Waals surface area contributed by atoms with E-state index in [4.69, 9.17) is 15.7 Å². The van der Waals surface area contributed by atoms with Gasteiger partial charge in [0.15, 0.2) is 5.84 Å². The minimum Gasteiger partial charge on any atom is -0.409 e. The highest BCUT2D eigenvalue weighted by atomic mass is 16.5. The van der Waals surface area contributed by atoms with Gasteiger partial charge in [-0.05, 0) is 19.0 Å². The molecule has 0 bridgehead atoms. The van der Waals surface area contributed by atoms with Gasteiger partial charge >= 0.3 is 0 Å². The molecule has 1 unspecified atom stereocenters. The molecule has 1 aromatic rings. The highest BCUT2D eigenvalue weighted by Gasteiger charge is 2.12. The summed E-state index contributed by atoms with van der Waals surface area (Å²) in [5.41, 5.74) is 7.45. The third kappa shape index (κ3) is 4.54. The lowest BCUT2D eigenvalue weighted by Gasteiger charge is -2.27. The first-order chi connectivity index (χ1) is 9.12. The summed E-state index contributed by atoms with van der Waals surface area (Å²) in [6, 6.07) is 8.09. The number of amidine groups is 1. The predicted octanol–water partition coefficient (Wildman–Crippen LogP) is 1.64. The molecule has 19 heavy (non-hydrogen) atoms. The molecule has 0 aliphatic rings. The van der Waals surface area contributed by atoms with Crippen LogP contribution in [-0.4, -0.2) is 42.2 Å². The standard InChI is InChI=1S/C14H23N3O2/c1-4-17(11(2)10-19-3)9-12-5-7-13(8-6-12)14(15)16-18/h5-8,11,18H,4,9-10H2,1-3H3,(H2,15,16). The second kappa shape index (κ2) is 7.76. The number of likely N-dealkylation sites (N-methyl/N-ethyl adjacent to an activating group) is 1. The number of nitrogens with zero attached hydrogens (tertiary/aromatic N) is 2. The van der Waals surface area contributed by atoms with E-state index in [1.54, 1.807) is 7.11 Å². The average molecular weight is 265 g/mol. The lowest BCUT2D eigenvalue weighted by Crippen LogP contribution is -2.35. The van der Waals surface area contributed by atoms with Crippen molar-refractivity contribution in [3.63, 3.8) is 0 Å². The molecule has 0 amide bonds. The number of ether oxygens (including phenoxy) is 1. The molecule has 0 saturated heterocycles. The van der Waals surface area contributed by atoms with Crippen molar-refractivity contribution in [3.05, 3.63) is 35.4 Å². The monoisotopic (exact) mass is 265 g/mol. The number of methoxy groups -OCH3 is 1. The largest absolute Gasteiger partial charge is 0.409 e. The predicted molar refractivity (Wildman–Crippen MR) is 76.4 cm³/mol. The van der Waals surface area contributed by atoms with Crippen LogP contribution in [-0.2, 0) is 11.3 Å². The Morgan fingerprint density at radius 3 is 2.53 bits per heavy atom. The highest BCUT2D eigenvalue weighted by molar-refractivity contribution is 5.96. The summed E-state index contributed by atoms with van der Waals surface area (Å²) in [6.45, 7) is 6.83. The van der Waals surface area contributed by atoms with E-state index in [2.05, 4.69) is 23.9 Å². The van der Waals surface area contributed by atoms with Gasteiger partial charge in [0, 0.05) is 25.3 Å². The minimum atomic E-state index is 0.131. The SMILES string of the molecule is CCN(Cc1ccc(C(N)=NO)cc1)C(C)COC. The van der Waals surface area contributed by atoms with Crippen LogP contribution >= 0.6 is 0 Å². The Morgan fingerprint density at radius 1 is 1.42 bits per heavy atom. The molecular weight excluding hydrogens is 242 g/mol. The number of oxime groups is 1. The minimum absolute atomic E-state index is 0.131. The molecule has 1 aromatic carbocycles. The van der Waals surface area contributed by atoms with Crippen LogP contribution in [0.2, 0.25) is 0 Å². The number of hydrogen-bond acceptors (Lipinski definition) is 4. The first kappa shape index (κ1) is 15.5. The second-order valence-corrected chi connectivity index (χ2v) is 4.55. The molecule has 3 N–H and O–H groups in total. The molecule has 0 aliphatic carbocycles. The van der Waals surface area contributed by atoms with Crippen molar-refractivity contribution in [2.45, 2.75) is 26.4 Å². The van der Waals surface area contributed by atoms with Crippen LogP contribution in [0.4, 0.5) is 0 Å². The Bertz CT molecular complexity index is 404. The molecule has 0 radical (unpaired) electrons. The summed E-state index contributed by atoms with van der Waals surface area (Å²) in [5.74, 6) is 0.131. The maximum absolute atomic E-state index is 8.61. The van der Waals surface area contributed by atoms with Crippen molar-refractivity contribution in [3.8, 4) is 0 Å². The van der Waals surface area contributed by atoms with Crippen molar-refractivity contribution < 1.29 is 9.94 Å². The molecule has 106 valence electrons. The number of rotatable bonds is 7. The summed E-state index contributed by atoms with van der Waals surface area (Å²) in [5, 5.41) is 11.6. The van der Waals surface area contributed by atoms with Gasteiger partial charge in [-0.25, -0.2) is 0 Å². The van der Waals surface area contributed by atoms with Gasteiger partial charge in [-0.2, -0.15) is 0 Å². The third-order valence-electron chi connectivity index (χ3n) is 3.18. The molecular formula is C14H23N3O2. The van der Waals surface area contributed by atoms with E-state index in [1.807, 2.05) is 24.3 Å². The normalized spacial score (nSPS) is 13.8. The van der Waals surface area contributed by atoms with Crippen molar-refractivity contribution >= 4 is 5.84 Å². The highest BCUT2D eigenvalue weighted by Crippen LogP contribution is 2.10. The molecule has 0 heterocycles. The van der Waals surface area contributed by atoms with Crippen molar-refractivity contribution in [2.75, 3.05) is 20.3 Å². The summed E-state index contributed by atoms with van der Waals surface area (Å²) >= 11 is 0. The van der Waals surface area contributed by atoms with Crippen molar-refractivity contribution in [1.82, 2.24) is 4.90 Å². The topological polar surface area (TPSA) is 71.1 Å². The Kier molecular flexibility index (Phi) is 6.32. The number of nitrogens with two attached hydrogens (primary N) is 1.